The fourth-order valence-electron chi connectivity index (χ4n) is 4.86. The van der Waals surface area contributed by atoms with Crippen LogP contribution in [0.3, 0.4) is 0 Å². The van der Waals surface area contributed by atoms with Crippen LogP contribution in [0.5, 0.6) is 5.88 Å². The van der Waals surface area contributed by atoms with Crippen molar-refractivity contribution in [3.05, 3.63) is 47.1 Å². The van der Waals surface area contributed by atoms with Crippen LogP contribution >= 0.6 is 11.6 Å². The largest absolute Gasteiger partial charge is 0.444 e. The number of hydrogen-bond donors (Lipinski definition) is 2. The third-order valence-electron chi connectivity index (χ3n) is 6.58. The van der Waals surface area contributed by atoms with Crippen molar-refractivity contribution in [2.75, 3.05) is 11.9 Å². The molecular formula is C28H34ClF2N5O5. The van der Waals surface area contributed by atoms with E-state index in [0.717, 1.165) is 0 Å². The van der Waals surface area contributed by atoms with Crippen LogP contribution in [-0.4, -0.2) is 58.8 Å². The smallest absolute Gasteiger partial charge is 0.414 e. The van der Waals surface area contributed by atoms with E-state index in [-0.39, 0.29) is 36.3 Å². The van der Waals surface area contributed by atoms with E-state index in [1.54, 1.807) is 45.9 Å². The van der Waals surface area contributed by atoms with Crippen molar-refractivity contribution >= 4 is 40.9 Å². The Morgan fingerprint density at radius 1 is 1.27 bits per heavy atom. The fourth-order valence-corrected chi connectivity index (χ4v) is 5.24. The van der Waals surface area contributed by atoms with Crippen molar-refractivity contribution in [3.63, 3.8) is 0 Å². The fraction of sp³-hybridized carbons (Fsp3) is 0.500. The number of alkyl carbamates (subject to hydrolysis) is 1. The van der Waals surface area contributed by atoms with E-state index in [2.05, 4.69) is 20.4 Å². The van der Waals surface area contributed by atoms with Gasteiger partial charge in [0, 0.05) is 24.3 Å². The van der Waals surface area contributed by atoms with Gasteiger partial charge in [-0.05, 0) is 59.6 Å². The van der Waals surface area contributed by atoms with Crippen LogP contribution in [0.1, 0.15) is 59.4 Å². The maximum absolute atomic E-state index is 13.7. The van der Waals surface area contributed by atoms with Gasteiger partial charge < -0.3 is 19.5 Å². The highest BCUT2D eigenvalue weighted by atomic mass is 35.5. The molecule has 1 fully saturated rings. The number of amides is 2. The monoisotopic (exact) mass is 593 g/mol. The predicted octanol–water partition coefficient (Wildman–Crippen LogP) is 5.98. The first kappa shape index (κ1) is 30.4. The summed E-state index contributed by atoms with van der Waals surface area (Å²) >= 11 is 6.84. The number of aliphatic imine (C=N–C) groups is 1. The first-order valence-electron chi connectivity index (χ1n) is 13.2. The molecule has 2 N–H and O–H groups in total. The van der Waals surface area contributed by atoms with Gasteiger partial charge in [-0.1, -0.05) is 23.7 Å². The average Bonchev–Trinajstić information content (AvgIpc) is 2.84. The molecule has 0 spiro atoms. The summed E-state index contributed by atoms with van der Waals surface area (Å²) in [6.07, 6.45) is 1.74. The maximum atomic E-state index is 13.7. The highest BCUT2D eigenvalue weighted by molar-refractivity contribution is 6.34. The molecule has 2 aliphatic heterocycles. The molecular weight excluding hydrogens is 560 g/mol. The summed E-state index contributed by atoms with van der Waals surface area (Å²) in [5.74, 6) is -0.354. The number of nitrogens with zero attached hydrogens (tertiary/aromatic N) is 3. The van der Waals surface area contributed by atoms with Crippen LogP contribution in [0.2, 0.25) is 5.02 Å². The van der Waals surface area contributed by atoms with Gasteiger partial charge in [0.15, 0.2) is 0 Å². The number of carbonyl (C=O) groups is 2. The minimum atomic E-state index is -2.98. The van der Waals surface area contributed by atoms with Gasteiger partial charge in [0.25, 0.3) is 0 Å². The van der Waals surface area contributed by atoms with Crippen molar-refractivity contribution in [1.82, 2.24) is 15.2 Å². The molecule has 1 saturated heterocycles. The van der Waals surface area contributed by atoms with Gasteiger partial charge in [-0.3, -0.25) is 15.0 Å². The van der Waals surface area contributed by atoms with E-state index in [4.69, 9.17) is 26.1 Å². The Bertz CT molecular complexity index is 1300. The normalized spacial score (nSPS) is 23.2. The van der Waals surface area contributed by atoms with Crippen LogP contribution in [0.15, 0.2) is 41.5 Å². The molecule has 13 heteroatoms. The standard InChI is InChI=1S/C28H34ClF2N5O5/c1-16-13-18(11-12-39-16)36-22(37)14-28(5,35-25(36)34-26(38)41-27(2,3)4)19-7-6-8-20(23(19)29)33-17-9-10-21(32-15-17)40-24(30)31/h6-10,15-16,18,24,33H,11-14H2,1-5H3,(H,34,35,38)/t16-,18?,28+/m1/s1. The van der Waals surface area contributed by atoms with Gasteiger partial charge in [0.05, 0.1) is 40.7 Å². The van der Waals surface area contributed by atoms with E-state index in [1.807, 2.05) is 6.92 Å². The van der Waals surface area contributed by atoms with Crippen molar-refractivity contribution < 1.29 is 32.6 Å². The topological polar surface area (TPSA) is 114 Å². The minimum absolute atomic E-state index is 0.00261. The Balaban J connectivity index is 1.67. The van der Waals surface area contributed by atoms with Gasteiger partial charge in [-0.2, -0.15) is 8.78 Å². The summed E-state index contributed by atoms with van der Waals surface area (Å²) in [7, 11) is 0. The van der Waals surface area contributed by atoms with E-state index in [1.165, 1.54) is 23.2 Å². The summed E-state index contributed by atoms with van der Waals surface area (Å²) in [5, 5.41) is 6.11. The molecule has 1 aromatic carbocycles. The number of benzene rings is 1. The third kappa shape index (κ3) is 7.62. The number of aromatic nitrogens is 1. The lowest BCUT2D eigenvalue weighted by atomic mass is 9.86. The van der Waals surface area contributed by atoms with Crippen molar-refractivity contribution in [1.29, 1.82) is 0 Å². The highest BCUT2D eigenvalue weighted by Crippen LogP contribution is 2.42. The highest BCUT2D eigenvalue weighted by Gasteiger charge is 2.44. The second-order valence-corrected chi connectivity index (χ2v) is 11.6. The number of anilines is 2. The molecule has 1 unspecified atom stereocenters. The van der Waals surface area contributed by atoms with Crippen LogP contribution in [0.25, 0.3) is 0 Å². The van der Waals surface area contributed by atoms with E-state index < -0.39 is 23.8 Å². The predicted molar refractivity (Wildman–Crippen MR) is 150 cm³/mol. The summed E-state index contributed by atoms with van der Waals surface area (Å²) in [6, 6.07) is 7.86. The second-order valence-electron chi connectivity index (χ2n) is 11.2. The number of carbonyl (C=O) groups excluding carboxylic acids is 2. The molecule has 10 nitrogen and oxygen atoms in total. The summed E-state index contributed by atoms with van der Waals surface area (Å²) in [6.45, 7) is 6.45. The van der Waals surface area contributed by atoms with Crippen molar-refractivity contribution in [2.24, 2.45) is 4.99 Å². The van der Waals surface area contributed by atoms with Gasteiger partial charge in [0.1, 0.15) is 5.60 Å². The molecule has 3 atom stereocenters. The zero-order chi connectivity index (χ0) is 29.9. The second kappa shape index (κ2) is 12.2. The van der Waals surface area contributed by atoms with E-state index in [9.17, 15) is 18.4 Å². The number of hydrogen-bond acceptors (Lipinski definition) is 8. The van der Waals surface area contributed by atoms with Gasteiger partial charge >= 0.3 is 12.7 Å². The van der Waals surface area contributed by atoms with Crippen LogP contribution in [-0.2, 0) is 19.8 Å². The Hall–Kier alpha value is -3.51. The summed E-state index contributed by atoms with van der Waals surface area (Å²) in [4.78, 5) is 36.8. The minimum Gasteiger partial charge on any atom is -0.444 e. The summed E-state index contributed by atoms with van der Waals surface area (Å²) < 4.78 is 40.3. The Morgan fingerprint density at radius 3 is 2.66 bits per heavy atom. The first-order valence-corrected chi connectivity index (χ1v) is 13.6. The Morgan fingerprint density at radius 2 is 2.02 bits per heavy atom. The molecule has 0 saturated carbocycles. The number of halogens is 3. The molecule has 0 bridgehead atoms. The number of ether oxygens (including phenoxy) is 3. The lowest BCUT2D eigenvalue weighted by Crippen LogP contribution is -2.58. The molecule has 2 aromatic rings. The average molecular weight is 594 g/mol. The van der Waals surface area contributed by atoms with Gasteiger partial charge in [0.2, 0.25) is 17.7 Å². The molecule has 1 aromatic heterocycles. The van der Waals surface area contributed by atoms with Crippen molar-refractivity contribution in [2.45, 2.75) is 83.8 Å². The van der Waals surface area contributed by atoms with Crippen LogP contribution in [0.4, 0.5) is 25.0 Å². The molecule has 41 heavy (non-hydrogen) atoms. The Labute approximate surface area is 242 Å². The quantitative estimate of drug-likeness (QED) is 0.424. The lowest BCUT2D eigenvalue weighted by molar-refractivity contribution is -0.133. The number of nitrogens with one attached hydrogen (secondary N) is 2. The lowest BCUT2D eigenvalue weighted by Gasteiger charge is -2.42. The molecule has 0 radical (unpaired) electrons. The molecule has 3 heterocycles. The van der Waals surface area contributed by atoms with Gasteiger partial charge in [-0.15, -0.1) is 0 Å². The van der Waals surface area contributed by atoms with E-state index >= 15 is 0 Å². The molecule has 2 aliphatic rings. The SMILES string of the molecule is C[C@@H]1CC(N2C(=O)C[C@@](C)(c3cccc(Nc4ccc(OC(F)F)nc4)c3Cl)N=C2NC(=O)OC(C)(C)C)CCO1. The molecule has 4 rings (SSSR count). The van der Waals surface area contributed by atoms with Crippen LogP contribution < -0.4 is 15.4 Å². The first-order chi connectivity index (χ1) is 19.2. The third-order valence-corrected chi connectivity index (χ3v) is 6.99. The maximum Gasteiger partial charge on any atom is 0.414 e. The zero-order valence-corrected chi connectivity index (χ0v) is 24.3. The zero-order valence-electron chi connectivity index (χ0n) is 23.5. The van der Waals surface area contributed by atoms with E-state index in [0.29, 0.717) is 41.4 Å². The molecule has 222 valence electrons. The van der Waals surface area contributed by atoms with Crippen molar-refractivity contribution in [3.8, 4) is 5.88 Å². The number of alkyl halides is 2. The number of rotatable bonds is 6. The molecule has 2 amide bonds. The van der Waals surface area contributed by atoms with Gasteiger partial charge in [-0.25, -0.2) is 14.8 Å². The molecule has 0 aliphatic carbocycles. The Kier molecular flexibility index (Phi) is 9.03. The number of guanidine groups is 1. The number of pyridine rings is 1. The summed E-state index contributed by atoms with van der Waals surface area (Å²) in [5.41, 5.74) is -0.374. The van der Waals surface area contributed by atoms with Crippen LogP contribution in [0, 0.1) is 0 Å².